The molecule has 0 aliphatic carbocycles. The van der Waals surface area contributed by atoms with Crippen molar-refractivity contribution >= 4 is 11.0 Å². The minimum Gasteiger partial charge on any atom is -0.469 e. The van der Waals surface area contributed by atoms with Crippen LogP contribution in [0, 0.1) is 0 Å². The first kappa shape index (κ1) is 12.8. The number of rotatable bonds is 5. The standard InChI is InChI=1S/C16H17N3O/c1-2-17-15(11-13-4-3-9-20-13)12-5-6-14-16(10-12)19-8-7-18-14/h3-10,15,17H,2,11H2,1H3. The fraction of sp³-hybridized carbons (Fsp3) is 0.250. The van der Waals surface area contributed by atoms with Gasteiger partial charge < -0.3 is 9.73 Å². The van der Waals surface area contributed by atoms with Gasteiger partial charge in [-0.25, -0.2) is 0 Å². The Morgan fingerprint density at radius 2 is 2.00 bits per heavy atom. The Morgan fingerprint density at radius 3 is 2.75 bits per heavy atom. The maximum Gasteiger partial charge on any atom is 0.105 e. The van der Waals surface area contributed by atoms with Crippen LogP contribution in [0.2, 0.25) is 0 Å². The lowest BCUT2D eigenvalue weighted by atomic mass is 10.0. The number of nitrogens with one attached hydrogen (secondary N) is 1. The topological polar surface area (TPSA) is 51.0 Å². The fourth-order valence-corrected chi connectivity index (χ4v) is 2.38. The van der Waals surface area contributed by atoms with Gasteiger partial charge in [0.2, 0.25) is 0 Å². The summed E-state index contributed by atoms with van der Waals surface area (Å²) in [7, 11) is 0. The minimum atomic E-state index is 0.220. The van der Waals surface area contributed by atoms with E-state index >= 15 is 0 Å². The molecular formula is C16H17N3O. The Bertz CT molecular complexity index is 679. The number of nitrogens with zero attached hydrogens (tertiary/aromatic N) is 2. The molecule has 0 amide bonds. The highest BCUT2D eigenvalue weighted by atomic mass is 16.3. The first-order chi connectivity index (χ1) is 9.86. The lowest BCUT2D eigenvalue weighted by Gasteiger charge is -2.17. The normalized spacial score (nSPS) is 12.7. The number of fused-ring (bicyclic) bond motifs is 1. The summed E-state index contributed by atoms with van der Waals surface area (Å²) in [4.78, 5) is 8.67. The van der Waals surface area contributed by atoms with Gasteiger partial charge in [-0.3, -0.25) is 9.97 Å². The van der Waals surface area contributed by atoms with Crippen molar-refractivity contribution in [1.29, 1.82) is 0 Å². The van der Waals surface area contributed by atoms with E-state index in [0.717, 1.165) is 29.8 Å². The molecule has 0 bridgehead atoms. The van der Waals surface area contributed by atoms with E-state index in [-0.39, 0.29) is 6.04 Å². The third-order valence-corrected chi connectivity index (χ3v) is 3.33. The van der Waals surface area contributed by atoms with E-state index in [0.29, 0.717) is 0 Å². The monoisotopic (exact) mass is 267 g/mol. The third kappa shape index (κ3) is 2.70. The maximum absolute atomic E-state index is 5.45. The number of benzene rings is 1. The molecule has 0 fully saturated rings. The van der Waals surface area contributed by atoms with Gasteiger partial charge in [0.25, 0.3) is 0 Å². The van der Waals surface area contributed by atoms with Crippen LogP contribution >= 0.6 is 0 Å². The SMILES string of the molecule is CCNC(Cc1ccco1)c1ccc2nccnc2c1. The summed E-state index contributed by atoms with van der Waals surface area (Å²) >= 11 is 0. The van der Waals surface area contributed by atoms with Gasteiger partial charge in [0, 0.05) is 24.9 Å². The smallest absolute Gasteiger partial charge is 0.105 e. The number of aromatic nitrogens is 2. The highest BCUT2D eigenvalue weighted by molar-refractivity contribution is 5.74. The summed E-state index contributed by atoms with van der Waals surface area (Å²) in [6.45, 7) is 3.01. The summed E-state index contributed by atoms with van der Waals surface area (Å²) in [5.74, 6) is 0.982. The lowest BCUT2D eigenvalue weighted by Crippen LogP contribution is -2.22. The van der Waals surface area contributed by atoms with Crippen molar-refractivity contribution in [1.82, 2.24) is 15.3 Å². The van der Waals surface area contributed by atoms with Crippen LogP contribution in [0.1, 0.15) is 24.3 Å². The van der Waals surface area contributed by atoms with Gasteiger partial charge in [0.1, 0.15) is 5.76 Å². The Labute approximate surface area is 117 Å². The molecule has 3 aromatic rings. The molecule has 0 saturated carbocycles. The highest BCUT2D eigenvalue weighted by Crippen LogP contribution is 2.21. The molecule has 0 aliphatic heterocycles. The third-order valence-electron chi connectivity index (χ3n) is 3.33. The number of furan rings is 1. The molecule has 2 heterocycles. The molecule has 20 heavy (non-hydrogen) atoms. The summed E-state index contributed by atoms with van der Waals surface area (Å²) in [5, 5.41) is 3.49. The molecule has 3 rings (SSSR count). The number of hydrogen-bond donors (Lipinski definition) is 1. The molecule has 102 valence electrons. The quantitative estimate of drug-likeness (QED) is 0.771. The predicted octanol–water partition coefficient (Wildman–Crippen LogP) is 3.12. The Balaban J connectivity index is 1.91. The highest BCUT2D eigenvalue weighted by Gasteiger charge is 2.13. The van der Waals surface area contributed by atoms with Gasteiger partial charge in [-0.2, -0.15) is 0 Å². The molecule has 1 aromatic carbocycles. The fourth-order valence-electron chi connectivity index (χ4n) is 2.38. The molecule has 1 unspecified atom stereocenters. The van der Waals surface area contributed by atoms with Gasteiger partial charge >= 0.3 is 0 Å². The van der Waals surface area contributed by atoms with Gasteiger partial charge in [-0.05, 0) is 36.4 Å². The average molecular weight is 267 g/mol. The Kier molecular flexibility index (Phi) is 3.74. The second kappa shape index (κ2) is 5.84. The molecular weight excluding hydrogens is 250 g/mol. The van der Waals surface area contributed by atoms with E-state index in [1.807, 2.05) is 18.2 Å². The molecule has 2 aromatic heterocycles. The van der Waals surface area contributed by atoms with E-state index in [9.17, 15) is 0 Å². The van der Waals surface area contributed by atoms with Gasteiger partial charge in [0.05, 0.1) is 17.3 Å². The second-order valence-electron chi connectivity index (χ2n) is 4.70. The maximum atomic E-state index is 5.45. The molecule has 0 spiro atoms. The van der Waals surface area contributed by atoms with Crippen molar-refractivity contribution in [3.8, 4) is 0 Å². The van der Waals surface area contributed by atoms with Crippen LogP contribution < -0.4 is 5.32 Å². The lowest BCUT2D eigenvalue weighted by molar-refractivity contribution is 0.455. The van der Waals surface area contributed by atoms with Crippen LogP contribution in [0.25, 0.3) is 11.0 Å². The first-order valence-corrected chi connectivity index (χ1v) is 6.83. The number of likely N-dealkylation sites (N-methyl/N-ethyl adjacent to an activating group) is 1. The van der Waals surface area contributed by atoms with Crippen molar-refractivity contribution in [2.24, 2.45) is 0 Å². The number of hydrogen-bond acceptors (Lipinski definition) is 4. The average Bonchev–Trinajstić information content (AvgIpc) is 2.99. The summed E-state index contributed by atoms with van der Waals surface area (Å²) in [6.07, 6.45) is 5.98. The molecule has 4 heteroatoms. The van der Waals surface area contributed by atoms with Crippen LogP contribution in [0.5, 0.6) is 0 Å². The van der Waals surface area contributed by atoms with E-state index < -0.39 is 0 Å². The van der Waals surface area contributed by atoms with E-state index in [4.69, 9.17) is 4.42 Å². The van der Waals surface area contributed by atoms with Gasteiger partial charge in [0.15, 0.2) is 0 Å². The van der Waals surface area contributed by atoms with Crippen molar-refractivity contribution in [2.75, 3.05) is 6.54 Å². The predicted molar refractivity (Wildman–Crippen MR) is 78.4 cm³/mol. The Hall–Kier alpha value is -2.20. The second-order valence-corrected chi connectivity index (χ2v) is 4.70. The zero-order valence-electron chi connectivity index (χ0n) is 11.4. The molecule has 0 saturated heterocycles. The molecule has 0 radical (unpaired) electrons. The molecule has 0 aliphatic rings. The van der Waals surface area contributed by atoms with Crippen molar-refractivity contribution in [2.45, 2.75) is 19.4 Å². The van der Waals surface area contributed by atoms with Gasteiger partial charge in [-0.15, -0.1) is 0 Å². The van der Waals surface area contributed by atoms with Crippen LogP contribution in [-0.2, 0) is 6.42 Å². The van der Waals surface area contributed by atoms with Crippen molar-refractivity contribution < 1.29 is 4.42 Å². The summed E-state index contributed by atoms with van der Waals surface area (Å²) < 4.78 is 5.45. The zero-order valence-corrected chi connectivity index (χ0v) is 11.4. The minimum absolute atomic E-state index is 0.220. The van der Waals surface area contributed by atoms with E-state index in [2.05, 4.69) is 34.3 Å². The van der Waals surface area contributed by atoms with Crippen LogP contribution in [0.3, 0.4) is 0 Å². The summed E-state index contributed by atoms with van der Waals surface area (Å²) in [6, 6.07) is 10.4. The first-order valence-electron chi connectivity index (χ1n) is 6.83. The van der Waals surface area contributed by atoms with E-state index in [1.54, 1.807) is 18.7 Å². The van der Waals surface area contributed by atoms with Crippen molar-refractivity contribution in [3.05, 3.63) is 60.3 Å². The van der Waals surface area contributed by atoms with Crippen LogP contribution in [-0.4, -0.2) is 16.5 Å². The largest absolute Gasteiger partial charge is 0.469 e. The van der Waals surface area contributed by atoms with E-state index in [1.165, 1.54) is 5.56 Å². The Morgan fingerprint density at radius 1 is 1.15 bits per heavy atom. The zero-order chi connectivity index (χ0) is 13.8. The summed E-state index contributed by atoms with van der Waals surface area (Å²) in [5.41, 5.74) is 3.05. The van der Waals surface area contributed by atoms with Gasteiger partial charge in [-0.1, -0.05) is 13.0 Å². The molecule has 1 N–H and O–H groups in total. The van der Waals surface area contributed by atoms with Crippen molar-refractivity contribution in [3.63, 3.8) is 0 Å². The van der Waals surface area contributed by atoms with Crippen LogP contribution in [0.4, 0.5) is 0 Å². The van der Waals surface area contributed by atoms with Crippen LogP contribution in [0.15, 0.2) is 53.4 Å². The molecule has 4 nitrogen and oxygen atoms in total. The molecule has 1 atom stereocenters.